The zero-order valence-electron chi connectivity index (χ0n) is 22.6. The summed E-state index contributed by atoms with van der Waals surface area (Å²) in [5.74, 6) is 1.61. The lowest BCUT2D eigenvalue weighted by molar-refractivity contribution is 0.238. The van der Waals surface area contributed by atoms with Gasteiger partial charge in [-0.1, -0.05) is 48.0 Å². The standard InChI is InChI=1S/C32H31ClN6O2/c33-25-7-4-9-27(22-25)35-32(40)34-26-8-3-6-24(21-26)29-10-5-11-31-36-30(37-39(29)31)20-23-12-14-28(15-13-23)41-19-18-38-16-1-2-17-38/h3-15,21-22H,1-2,16-20H2,(H2,34,35,40). The summed E-state index contributed by atoms with van der Waals surface area (Å²) in [5, 5.41) is 11.1. The van der Waals surface area contributed by atoms with Crippen molar-refractivity contribution in [2.24, 2.45) is 0 Å². The van der Waals surface area contributed by atoms with E-state index in [0.29, 0.717) is 29.4 Å². The summed E-state index contributed by atoms with van der Waals surface area (Å²) >= 11 is 6.02. The summed E-state index contributed by atoms with van der Waals surface area (Å²) in [6.45, 7) is 4.05. The molecule has 1 fully saturated rings. The highest BCUT2D eigenvalue weighted by Crippen LogP contribution is 2.24. The predicted octanol–water partition coefficient (Wildman–Crippen LogP) is 6.76. The molecule has 3 aromatic carbocycles. The number of fused-ring (bicyclic) bond motifs is 1. The molecule has 1 saturated heterocycles. The maximum Gasteiger partial charge on any atom is 0.323 e. The largest absolute Gasteiger partial charge is 0.492 e. The molecule has 8 nitrogen and oxygen atoms in total. The minimum atomic E-state index is -0.353. The Morgan fingerprint density at radius 2 is 1.61 bits per heavy atom. The second-order valence-corrected chi connectivity index (χ2v) is 10.5. The van der Waals surface area contributed by atoms with E-state index in [0.717, 1.165) is 40.6 Å². The average molecular weight is 567 g/mol. The van der Waals surface area contributed by atoms with Gasteiger partial charge in [0.05, 0.1) is 5.69 Å². The second-order valence-electron chi connectivity index (χ2n) is 10.1. The SMILES string of the molecule is O=C(Nc1cccc(Cl)c1)Nc1cccc(-c2cccc3nc(Cc4ccc(OCCN5CCCC5)cc4)nn23)c1. The number of hydrogen-bond donors (Lipinski definition) is 2. The Balaban J connectivity index is 1.12. The molecule has 0 radical (unpaired) electrons. The number of likely N-dealkylation sites (tertiary alicyclic amines) is 1. The molecule has 208 valence electrons. The second kappa shape index (κ2) is 12.4. The summed E-state index contributed by atoms with van der Waals surface area (Å²) in [6.07, 6.45) is 3.20. The monoisotopic (exact) mass is 566 g/mol. The van der Waals surface area contributed by atoms with Crippen LogP contribution in [0.5, 0.6) is 5.75 Å². The number of anilines is 2. The van der Waals surface area contributed by atoms with E-state index in [4.69, 9.17) is 26.4 Å². The molecule has 2 amide bonds. The summed E-state index contributed by atoms with van der Waals surface area (Å²) < 4.78 is 7.78. The molecule has 5 aromatic rings. The van der Waals surface area contributed by atoms with Crippen LogP contribution in [-0.2, 0) is 6.42 Å². The van der Waals surface area contributed by atoms with Crippen LogP contribution in [0.4, 0.5) is 16.2 Å². The van der Waals surface area contributed by atoms with Gasteiger partial charge in [-0.05, 0) is 86.1 Å². The molecule has 2 N–H and O–H groups in total. The van der Waals surface area contributed by atoms with Crippen LogP contribution in [-0.4, -0.2) is 51.8 Å². The number of pyridine rings is 1. The van der Waals surface area contributed by atoms with Crippen molar-refractivity contribution in [3.05, 3.63) is 107 Å². The number of carbonyl (C=O) groups is 1. The normalized spacial score (nSPS) is 13.4. The van der Waals surface area contributed by atoms with Crippen LogP contribution in [0.2, 0.25) is 5.02 Å². The number of urea groups is 1. The lowest BCUT2D eigenvalue weighted by Crippen LogP contribution is -2.25. The van der Waals surface area contributed by atoms with E-state index in [1.807, 2.05) is 59.1 Å². The molecule has 3 heterocycles. The van der Waals surface area contributed by atoms with Gasteiger partial charge < -0.3 is 15.4 Å². The van der Waals surface area contributed by atoms with E-state index in [-0.39, 0.29) is 6.03 Å². The van der Waals surface area contributed by atoms with Crippen molar-refractivity contribution in [3.8, 4) is 17.0 Å². The van der Waals surface area contributed by atoms with Crippen molar-refractivity contribution in [2.75, 3.05) is 36.9 Å². The third-order valence-corrected chi connectivity index (χ3v) is 7.30. The van der Waals surface area contributed by atoms with Gasteiger partial charge in [0.1, 0.15) is 12.4 Å². The first kappa shape index (κ1) is 26.8. The topological polar surface area (TPSA) is 83.8 Å². The van der Waals surface area contributed by atoms with Crippen LogP contribution in [0.25, 0.3) is 16.9 Å². The third kappa shape index (κ3) is 6.85. The quantitative estimate of drug-likeness (QED) is 0.206. The molecule has 0 spiro atoms. The zero-order valence-corrected chi connectivity index (χ0v) is 23.3. The average Bonchev–Trinajstić information content (AvgIpc) is 3.64. The number of carbonyl (C=O) groups excluding carboxylic acids is 1. The van der Waals surface area contributed by atoms with E-state index in [2.05, 4.69) is 27.7 Å². The summed E-state index contributed by atoms with van der Waals surface area (Å²) in [7, 11) is 0. The fourth-order valence-corrected chi connectivity index (χ4v) is 5.23. The molecule has 9 heteroatoms. The minimum Gasteiger partial charge on any atom is -0.492 e. The number of amides is 2. The van der Waals surface area contributed by atoms with Gasteiger partial charge in [0.2, 0.25) is 0 Å². The van der Waals surface area contributed by atoms with Crippen LogP contribution in [0.3, 0.4) is 0 Å². The highest BCUT2D eigenvalue weighted by Gasteiger charge is 2.13. The van der Waals surface area contributed by atoms with Gasteiger partial charge in [-0.25, -0.2) is 14.3 Å². The minimum absolute atomic E-state index is 0.353. The van der Waals surface area contributed by atoms with Crippen molar-refractivity contribution in [3.63, 3.8) is 0 Å². The molecule has 0 atom stereocenters. The maximum absolute atomic E-state index is 12.6. The van der Waals surface area contributed by atoms with E-state index in [9.17, 15) is 4.79 Å². The van der Waals surface area contributed by atoms with Crippen LogP contribution < -0.4 is 15.4 Å². The Morgan fingerprint density at radius 3 is 2.39 bits per heavy atom. The lowest BCUT2D eigenvalue weighted by Gasteiger charge is -2.14. The highest BCUT2D eigenvalue weighted by atomic mass is 35.5. The first-order valence-electron chi connectivity index (χ1n) is 13.8. The summed E-state index contributed by atoms with van der Waals surface area (Å²) in [4.78, 5) is 19.8. The lowest BCUT2D eigenvalue weighted by atomic mass is 10.1. The molecule has 2 aromatic heterocycles. The van der Waals surface area contributed by atoms with Gasteiger partial charge in [-0.2, -0.15) is 5.10 Å². The number of aromatic nitrogens is 3. The summed E-state index contributed by atoms with van der Waals surface area (Å²) in [6, 6.07) is 28.4. The molecular weight excluding hydrogens is 536 g/mol. The number of ether oxygens (including phenoxy) is 1. The molecule has 1 aliphatic heterocycles. The predicted molar refractivity (Wildman–Crippen MR) is 163 cm³/mol. The Hall–Kier alpha value is -4.40. The Kier molecular flexibility index (Phi) is 8.11. The van der Waals surface area contributed by atoms with Crippen LogP contribution in [0, 0.1) is 0 Å². The van der Waals surface area contributed by atoms with E-state index in [1.54, 1.807) is 24.3 Å². The number of benzene rings is 3. The van der Waals surface area contributed by atoms with Gasteiger partial charge in [0.25, 0.3) is 0 Å². The molecule has 0 unspecified atom stereocenters. The maximum atomic E-state index is 12.6. The fraction of sp³-hybridized carbons (Fsp3) is 0.219. The Bertz CT molecular complexity index is 1650. The number of nitrogens with zero attached hydrogens (tertiary/aromatic N) is 4. The Morgan fingerprint density at radius 1 is 0.878 bits per heavy atom. The molecule has 41 heavy (non-hydrogen) atoms. The smallest absolute Gasteiger partial charge is 0.323 e. The van der Waals surface area contributed by atoms with Crippen molar-refractivity contribution in [1.82, 2.24) is 19.5 Å². The first-order valence-corrected chi connectivity index (χ1v) is 14.2. The van der Waals surface area contributed by atoms with Gasteiger partial charge in [0.15, 0.2) is 11.5 Å². The number of hydrogen-bond acceptors (Lipinski definition) is 5. The number of halogens is 1. The van der Waals surface area contributed by atoms with Gasteiger partial charge in [0, 0.05) is 34.9 Å². The van der Waals surface area contributed by atoms with Gasteiger partial charge in [-0.15, -0.1) is 0 Å². The zero-order chi connectivity index (χ0) is 28.0. The molecule has 1 aliphatic rings. The Labute approximate surface area is 243 Å². The molecular formula is C32H31ClN6O2. The molecule has 6 rings (SSSR count). The molecule has 0 saturated carbocycles. The fourth-order valence-electron chi connectivity index (χ4n) is 5.04. The van der Waals surface area contributed by atoms with Gasteiger partial charge >= 0.3 is 6.03 Å². The van der Waals surface area contributed by atoms with E-state index >= 15 is 0 Å². The van der Waals surface area contributed by atoms with Gasteiger partial charge in [-0.3, -0.25) is 4.90 Å². The van der Waals surface area contributed by atoms with Crippen LogP contribution in [0.1, 0.15) is 24.2 Å². The first-order chi connectivity index (χ1) is 20.1. The van der Waals surface area contributed by atoms with Crippen molar-refractivity contribution in [2.45, 2.75) is 19.3 Å². The van der Waals surface area contributed by atoms with E-state index in [1.165, 1.54) is 25.9 Å². The van der Waals surface area contributed by atoms with Crippen molar-refractivity contribution < 1.29 is 9.53 Å². The highest BCUT2D eigenvalue weighted by molar-refractivity contribution is 6.30. The molecule has 0 bridgehead atoms. The van der Waals surface area contributed by atoms with E-state index < -0.39 is 0 Å². The summed E-state index contributed by atoms with van der Waals surface area (Å²) in [5.41, 5.74) is 4.93. The number of rotatable bonds is 9. The van der Waals surface area contributed by atoms with Crippen molar-refractivity contribution in [1.29, 1.82) is 0 Å². The molecule has 0 aliphatic carbocycles. The third-order valence-electron chi connectivity index (χ3n) is 7.06. The number of nitrogens with one attached hydrogen (secondary N) is 2. The van der Waals surface area contributed by atoms with Crippen molar-refractivity contribution >= 4 is 34.7 Å². The van der Waals surface area contributed by atoms with Crippen LogP contribution in [0.15, 0.2) is 91.0 Å². The van der Waals surface area contributed by atoms with Crippen LogP contribution >= 0.6 is 11.6 Å².